The molecule has 1 saturated heterocycles. The maximum atomic E-state index is 12.7. The number of anilines is 1. The molecule has 0 saturated carbocycles. The van der Waals surface area contributed by atoms with Gasteiger partial charge in [0.1, 0.15) is 12.1 Å². The van der Waals surface area contributed by atoms with Crippen LogP contribution in [0.4, 0.5) is 23.7 Å². The van der Waals surface area contributed by atoms with Crippen LogP contribution in [0.3, 0.4) is 0 Å². The Labute approximate surface area is 264 Å². The molecule has 12 heteroatoms. The van der Waals surface area contributed by atoms with Crippen LogP contribution in [-0.4, -0.2) is 51.2 Å². The molecule has 1 aromatic heterocycles. The predicted octanol–water partition coefficient (Wildman–Crippen LogP) is 7.99. The van der Waals surface area contributed by atoms with Gasteiger partial charge in [-0.1, -0.05) is 68.1 Å². The first-order valence-electron chi connectivity index (χ1n) is 14.9. The predicted molar refractivity (Wildman–Crippen MR) is 172 cm³/mol. The molecule has 1 aliphatic rings. The van der Waals surface area contributed by atoms with Crippen LogP contribution >= 0.6 is 11.8 Å². The zero-order valence-corrected chi connectivity index (χ0v) is 25.9. The average molecular weight is 637 g/mol. The highest BCUT2D eigenvalue weighted by atomic mass is 32.2. The fourth-order valence-electron chi connectivity index (χ4n) is 5.13. The second-order valence-corrected chi connectivity index (χ2v) is 11.7. The summed E-state index contributed by atoms with van der Waals surface area (Å²) < 4.78 is 42.7. The quantitative estimate of drug-likeness (QED) is 0.178. The normalized spacial score (nSPS) is 15.2. The molecule has 0 bridgehead atoms. The fourth-order valence-corrected chi connectivity index (χ4v) is 6.08. The topological polar surface area (TPSA) is 84.6 Å². The number of halogens is 3. The van der Waals surface area contributed by atoms with Gasteiger partial charge in [0.05, 0.1) is 5.69 Å². The van der Waals surface area contributed by atoms with Gasteiger partial charge in [-0.15, -0.1) is 18.3 Å². The highest BCUT2D eigenvalue weighted by Gasteiger charge is 2.31. The SMILES string of the molecule is CCc1ccccc1N1CCCS/C1=N\C(=O)NCCCC(C)c1ccc(-c2ncn(-c3ccc(OC(F)(F)F)cc3)n2)cc1. The number of thioether (sulfide) groups is 1. The van der Waals surface area contributed by atoms with Gasteiger partial charge in [0.25, 0.3) is 0 Å². The third kappa shape index (κ3) is 8.65. The van der Waals surface area contributed by atoms with Gasteiger partial charge in [-0.25, -0.2) is 14.5 Å². The van der Waals surface area contributed by atoms with Crippen molar-refractivity contribution in [2.45, 2.75) is 51.8 Å². The van der Waals surface area contributed by atoms with Crippen molar-refractivity contribution < 1.29 is 22.7 Å². The summed E-state index contributed by atoms with van der Waals surface area (Å²) in [6.07, 6.45) is 0.442. The Morgan fingerprint density at radius 2 is 1.84 bits per heavy atom. The molecule has 0 spiro atoms. The van der Waals surface area contributed by atoms with Gasteiger partial charge in [0.2, 0.25) is 0 Å². The van der Waals surface area contributed by atoms with Gasteiger partial charge in [-0.3, -0.25) is 0 Å². The van der Waals surface area contributed by atoms with Crippen LogP contribution in [0.15, 0.2) is 84.1 Å². The standard InChI is InChI=1S/C33H35F3N6O2S/c1-3-24-9-4-5-10-29(24)41-20-7-21-45-32(41)39-31(43)37-19-6-8-23(2)25-11-13-26(14-12-25)30-38-22-42(40-30)27-15-17-28(18-16-27)44-33(34,35)36/h4-5,9-18,22-23H,3,6-8,19-21H2,1-2H3,(H,37,43)/b39-32-. The number of benzene rings is 3. The van der Waals surface area contributed by atoms with E-state index in [1.54, 1.807) is 11.8 Å². The molecule has 5 rings (SSSR count). The number of aliphatic imine (C=N–C) groups is 1. The first kappa shape index (κ1) is 32.1. The lowest BCUT2D eigenvalue weighted by Crippen LogP contribution is -2.36. The molecule has 4 aromatic rings. The third-order valence-corrected chi connectivity index (χ3v) is 8.57. The first-order valence-corrected chi connectivity index (χ1v) is 15.9. The minimum absolute atomic E-state index is 0.278. The minimum Gasteiger partial charge on any atom is -0.406 e. The van der Waals surface area contributed by atoms with E-state index < -0.39 is 6.36 Å². The summed E-state index contributed by atoms with van der Waals surface area (Å²) in [4.78, 5) is 23.6. The molecule has 1 N–H and O–H groups in total. The van der Waals surface area contributed by atoms with Crippen LogP contribution in [0.2, 0.25) is 0 Å². The molecule has 1 atom stereocenters. The monoisotopic (exact) mass is 636 g/mol. The van der Waals surface area contributed by atoms with E-state index in [0.717, 1.165) is 60.0 Å². The molecule has 1 unspecified atom stereocenters. The van der Waals surface area contributed by atoms with Gasteiger partial charge < -0.3 is 15.0 Å². The molecular formula is C33H35F3N6O2S. The van der Waals surface area contributed by atoms with Crippen molar-refractivity contribution in [2.24, 2.45) is 4.99 Å². The lowest BCUT2D eigenvalue weighted by atomic mass is 9.95. The summed E-state index contributed by atoms with van der Waals surface area (Å²) in [7, 11) is 0. The van der Waals surface area contributed by atoms with E-state index in [4.69, 9.17) is 0 Å². The molecule has 2 amide bonds. The maximum absolute atomic E-state index is 12.7. The average Bonchev–Trinajstić information content (AvgIpc) is 3.53. The zero-order chi connectivity index (χ0) is 31.8. The van der Waals surface area contributed by atoms with Crippen molar-refractivity contribution in [2.75, 3.05) is 23.7 Å². The molecule has 0 radical (unpaired) electrons. The number of rotatable bonds is 10. The van der Waals surface area contributed by atoms with Crippen LogP contribution in [0.25, 0.3) is 17.1 Å². The van der Waals surface area contributed by atoms with E-state index >= 15 is 0 Å². The van der Waals surface area contributed by atoms with Crippen LogP contribution < -0.4 is 15.0 Å². The second-order valence-electron chi connectivity index (χ2n) is 10.7. The smallest absolute Gasteiger partial charge is 0.406 e. The number of nitrogens with zero attached hydrogens (tertiary/aromatic N) is 5. The van der Waals surface area contributed by atoms with E-state index in [-0.39, 0.29) is 17.7 Å². The van der Waals surface area contributed by atoms with Crippen LogP contribution in [0.5, 0.6) is 5.75 Å². The van der Waals surface area contributed by atoms with Crippen molar-refractivity contribution in [1.29, 1.82) is 0 Å². The Kier molecular flexibility index (Phi) is 10.4. The number of aromatic nitrogens is 3. The number of para-hydroxylation sites is 1. The number of aryl methyl sites for hydroxylation is 1. The van der Waals surface area contributed by atoms with E-state index in [2.05, 4.69) is 56.0 Å². The van der Waals surface area contributed by atoms with Crippen molar-refractivity contribution in [3.8, 4) is 22.8 Å². The van der Waals surface area contributed by atoms with Gasteiger partial charge in [0.15, 0.2) is 11.0 Å². The number of hydrogen-bond donors (Lipinski definition) is 1. The lowest BCUT2D eigenvalue weighted by molar-refractivity contribution is -0.274. The number of amides is 2. The summed E-state index contributed by atoms with van der Waals surface area (Å²) in [6, 6.07) is 21.4. The third-order valence-electron chi connectivity index (χ3n) is 7.50. The molecule has 2 heterocycles. The number of amidine groups is 1. The maximum Gasteiger partial charge on any atom is 0.573 e. The molecular weight excluding hydrogens is 601 g/mol. The van der Waals surface area contributed by atoms with Gasteiger partial charge in [-0.2, -0.15) is 4.99 Å². The number of nitrogens with one attached hydrogen (secondary N) is 1. The Morgan fingerprint density at radius 3 is 2.58 bits per heavy atom. The number of urea groups is 1. The minimum atomic E-state index is -4.74. The first-order chi connectivity index (χ1) is 21.7. The molecule has 1 fully saturated rings. The summed E-state index contributed by atoms with van der Waals surface area (Å²) in [6.45, 7) is 5.68. The van der Waals surface area contributed by atoms with Gasteiger partial charge in [-0.05, 0) is 73.1 Å². The van der Waals surface area contributed by atoms with Crippen molar-refractivity contribution >= 4 is 28.6 Å². The largest absolute Gasteiger partial charge is 0.573 e. The van der Waals surface area contributed by atoms with Gasteiger partial charge in [0, 0.05) is 30.1 Å². The van der Waals surface area contributed by atoms with Crippen LogP contribution in [0, 0.1) is 0 Å². The van der Waals surface area contributed by atoms with Crippen molar-refractivity contribution in [1.82, 2.24) is 20.1 Å². The van der Waals surface area contributed by atoms with Crippen molar-refractivity contribution in [3.05, 3.63) is 90.3 Å². The summed E-state index contributed by atoms with van der Waals surface area (Å²) >= 11 is 1.62. The summed E-state index contributed by atoms with van der Waals surface area (Å²) in [5.41, 5.74) is 4.91. The van der Waals surface area contributed by atoms with Crippen molar-refractivity contribution in [3.63, 3.8) is 0 Å². The Balaban J connectivity index is 1.11. The highest BCUT2D eigenvalue weighted by molar-refractivity contribution is 8.14. The van der Waals surface area contributed by atoms with E-state index in [9.17, 15) is 18.0 Å². The molecule has 8 nitrogen and oxygen atoms in total. The molecule has 45 heavy (non-hydrogen) atoms. The highest BCUT2D eigenvalue weighted by Crippen LogP contribution is 2.29. The molecule has 236 valence electrons. The number of hydrogen-bond acceptors (Lipinski definition) is 5. The van der Waals surface area contributed by atoms with E-state index in [1.165, 1.54) is 40.8 Å². The number of carbonyl (C=O) groups is 1. The van der Waals surface area contributed by atoms with Crippen LogP contribution in [0.1, 0.15) is 50.2 Å². The number of ether oxygens (including phenoxy) is 1. The Hall–Kier alpha value is -4.32. The molecule has 1 aliphatic heterocycles. The molecule has 0 aliphatic carbocycles. The second kappa shape index (κ2) is 14.6. The Bertz CT molecular complexity index is 1610. The summed E-state index contributed by atoms with van der Waals surface area (Å²) in [5, 5.41) is 8.17. The number of carbonyl (C=O) groups excluding carboxylic acids is 1. The van der Waals surface area contributed by atoms with E-state index in [0.29, 0.717) is 18.1 Å². The fraction of sp³-hybridized carbons (Fsp3) is 0.333. The van der Waals surface area contributed by atoms with Gasteiger partial charge >= 0.3 is 12.4 Å². The number of alkyl halides is 3. The molecule has 3 aromatic carbocycles. The lowest BCUT2D eigenvalue weighted by Gasteiger charge is -2.31. The summed E-state index contributed by atoms with van der Waals surface area (Å²) in [5.74, 6) is 1.43. The van der Waals surface area contributed by atoms with Crippen LogP contribution in [-0.2, 0) is 6.42 Å². The Morgan fingerprint density at radius 1 is 1.09 bits per heavy atom. The zero-order valence-electron chi connectivity index (χ0n) is 25.1. The van der Waals surface area contributed by atoms with E-state index in [1.807, 2.05) is 36.4 Å².